The van der Waals surface area contributed by atoms with E-state index < -0.39 is 11.6 Å². The van der Waals surface area contributed by atoms with Gasteiger partial charge < -0.3 is 10.2 Å². The lowest BCUT2D eigenvalue weighted by molar-refractivity contribution is -0.142. The average Bonchev–Trinajstić information content (AvgIpc) is 3.19. The molecule has 1 aromatic heterocycles. The zero-order valence-electron chi connectivity index (χ0n) is 23.3. The zero-order chi connectivity index (χ0) is 27.6. The Morgan fingerprint density at radius 3 is 2.39 bits per heavy atom. The largest absolute Gasteiger partial charge is 0.354 e. The molecule has 1 aromatic carbocycles. The summed E-state index contributed by atoms with van der Waals surface area (Å²) >= 11 is 0. The Balaban J connectivity index is 1.47. The van der Waals surface area contributed by atoms with Crippen molar-refractivity contribution < 1.29 is 14.4 Å². The van der Waals surface area contributed by atoms with Crippen LogP contribution in [0.25, 0.3) is 11.1 Å². The van der Waals surface area contributed by atoms with Gasteiger partial charge in [0.05, 0.1) is 12.1 Å². The summed E-state index contributed by atoms with van der Waals surface area (Å²) in [4.78, 5) is 50.7. The van der Waals surface area contributed by atoms with Gasteiger partial charge in [-0.05, 0) is 67.7 Å². The lowest BCUT2D eigenvalue weighted by Crippen LogP contribution is -2.50. The van der Waals surface area contributed by atoms with Crippen molar-refractivity contribution in [1.82, 2.24) is 20.2 Å². The van der Waals surface area contributed by atoms with Gasteiger partial charge in [0.2, 0.25) is 11.8 Å². The van der Waals surface area contributed by atoms with E-state index >= 15 is 0 Å². The fraction of sp³-hybridized carbons (Fsp3) is 0.552. The number of nitrogens with zero attached hydrogens (tertiary/aromatic N) is 5. The Morgan fingerprint density at radius 2 is 1.76 bits per heavy atom. The van der Waals surface area contributed by atoms with Crippen molar-refractivity contribution in [2.75, 3.05) is 6.54 Å². The minimum absolute atomic E-state index is 0.0000141. The van der Waals surface area contributed by atoms with E-state index in [1.54, 1.807) is 17.3 Å². The van der Waals surface area contributed by atoms with Gasteiger partial charge in [-0.15, -0.1) is 0 Å². The maximum Gasteiger partial charge on any atom is 0.242 e. The summed E-state index contributed by atoms with van der Waals surface area (Å²) in [5.74, 6) is 0.0380. The summed E-state index contributed by atoms with van der Waals surface area (Å²) in [6.45, 7) is 14.0. The number of piperidine rings is 1. The second-order valence-electron chi connectivity index (χ2n) is 12.7. The zero-order valence-corrected chi connectivity index (χ0v) is 23.3. The van der Waals surface area contributed by atoms with Crippen LogP contribution in [0.3, 0.4) is 0 Å². The van der Waals surface area contributed by atoms with Crippen LogP contribution in [0, 0.1) is 24.7 Å². The van der Waals surface area contributed by atoms with Crippen LogP contribution in [0.2, 0.25) is 0 Å². The van der Waals surface area contributed by atoms with Crippen LogP contribution in [-0.4, -0.2) is 51.1 Å². The SMILES string of the molecule is CC(=O)C1(CC(=O)N2[C@H](C(=O)NCC(C)(C)C)C[C@@]3(C)C[C@@H]23)N=Nc2c(C)cc(-c3cnc(C)nc3)cc21. The second-order valence-corrected chi connectivity index (χ2v) is 12.7. The first-order valence-corrected chi connectivity index (χ1v) is 13.2. The highest BCUT2D eigenvalue weighted by molar-refractivity contribution is 5.98. The van der Waals surface area contributed by atoms with Gasteiger partial charge in [-0.1, -0.05) is 27.7 Å². The normalized spacial score (nSPS) is 27.2. The molecule has 2 aromatic rings. The first-order valence-electron chi connectivity index (χ1n) is 13.2. The number of aryl methyl sites for hydroxylation is 2. The van der Waals surface area contributed by atoms with E-state index in [0.717, 1.165) is 23.1 Å². The van der Waals surface area contributed by atoms with Crippen molar-refractivity contribution in [3.05, 3.63) is 41.5 Å². The van der Waals surface area contributed by atoms with E-state index in [4.69, 9.17) is 0 Å². The number of Topliss-reactive ketones (excluding diaryl/α,β-unsaturated/α-hetero) is 1. The van der Waals surface area contributed by atoms with Gasteiger partial charge in [0, 0.05) is 36.1 Å². The van der Waals surface area contributed by atoms with Gasteiger partial charge in [-0.3, -0.25) is 14.4 Å². The van der Waals surface area contributed by atoms with Crippen molar-refractivity contribution in [2.24, 2.45) is 21.1 Å². The molecule has 38 heavy (non-hydrogen) atoms. The molecule has 3 aliphatic rings. The third-order valence-corrected chi connectivity index (χ3v) is 8.19. The second kappa shape index (κ2) is 8.78. The molecule has 200 valence electrons. The third-order valence-electron chi connectivity index (χ3n) is 8.19. The predicted octanol–water partition coefficient (Wildman–Crippen LogP) is 4.57. The quantitative estimate of drug-likeness (QED) is 0.603. The minimum atomic E-state index is -1.43. The Bertz CT molecular complexity index is 1360. The molecule has 1 N–H and O–H groups in total. The Kier molecular flexibility index (Phi) is 6.04. The summed E-state index contributed by atoms with van der Waals surface area (Å²) in [7, 11) is 0. The van der Waals surface area contributed by atoms with Crippen LogP contribution in [-0.2, 0) is 19.9 Å². The lowest BCUT2D eigenvalue weighted by atomic mass is 9.81. The predicted molar refractivity (Wildman–Crippen MR) is 143 cm³/mol. The molecule has 0 spiro atoms. The number of nitrogens with one attached hydrogen (secondary N) is 1. The maximum absolute atomic E-state index is 14.0. The minimum Gasteiger partial charge on any atom is -0.354 e. The number of aromatic nitrogens is 2. The molecule has 3 heterocycles. The number of amides is 2. The van der Waals surface area contributed by atoms with Gasteiger partial charge in [0.15, 0.2) is 11.3 Å². The molecule has 5 rings (SSSR count). The fourth-order valence-electron chi connectivity index (χ4n) is 5.78. The number of hydrogen-bond acceptors (Lipinski definition) is 7. The number of fused-ring (bicyclic) bond motifs is 2. The summed E-state index contributed by atoms with van der Waals surface area (Å²) < 4.78 is 0. The van der Waals surface area contributed by atoms with Crippen LogP contribution in [0.1, 0.15) is 70.8 Å². The van der Waals surface area contributed by atoms with Crippen LogP contribution in [0.15, 0.2) is 34.8 Å². The van der Waals surface area contributed by atoms with E-state index in [0.29, 0.717) is 30.0 Å². The van der Waals surface area contributed by atoms with E-state index in [2.05, 4.69) is 53.2 Å². The molecule has 0 bridgehead atoms. The summed E-state index contributed by atoms with van der Waals surface area (Å²) in [6, 6.07) is 3.30. The smallest absolute Gasteiger partial charge is 0.242 e. The Hall–Kier alpha value is -3.49. The molecular weight excluding hydrogens is 480 g/mol. The number of carbonyl (C=O) groups is 3. The first-order chi connectivity index (χ1) is 17.7. The Morgan fingerprint density at radius 1 is 1.08 bits per heavy atom. The van der Waals surface area contributed by atoms with E-state index in [1.165, 1.54) is 6.92 Å². The molecule has 9 heteroatoms. The first kappa shape index (κ1) is 26.1. The summed E-state index contributed by atoms with van der Waals surface area (Å²) in [5, 5.41) is 11.9. The molecule has 4 atom stereocenters. The van der Waals surface area contributed by atoms with Crippen molar-refractivity contribution >= 4 is 23.3 Å². The van der Waals surface area contributed by atoms with Crippen LogP contribution in [0.4, 0.5) is 5.69 Å². The molecular formula is C29H36N6O3. The van der Waals surface area contributed by atoms with Gasteiger partial charge in [-0.2, -0.15) is 10.2 Å². The van der Waals surface area contributed by atoms with Gasteiger partial charge in [-0.25, -0.2) is 9.97 Å². The van der Waals surface area contributed by atoms with Gasteiger partial charge in [0.25, 0.3) is 0 Å². The molecule has 9 nitrogen and oxygen atoms in total. The molecule has 2 aliphatic heterocycles. The fourth-order valence-corrected chi connectivity index (χ4v) is 5.78. The molecule has 0 radical (unpaired) electrons. The van der Waals surface area contributed by atoms with E-state index in [1.807, 2.05) is 26.0 Å². The number of hydrogen-bond donors (Lipinski definition) is 1. The summed E-state index contributed by atoms with van der Waals surface area (Å²) in [5.41, 5.74) is 2.16. The molecule has 1 saturated carbocycles. The summed E-state index contributed by atoms with van der Waals surface area (Å²) in [6.07, 6.45) is 4.81. The van der Waals surface area contributed by atoms with Crippen LogP contribution < -0.4 is 5.32 Å². The van der Waals surface area contributed by atoms with Crippen molar-refractivity contribution in [1.29, 1.82) is 0 Å². The van der Waals surface area contributed by atoms with Crippen molar-refractivity contribution in [3.8, 4) is 11.1 Å². The van der Waals surface area contributed by atoms with Crippen LogP contribution >= 0.6 is 0 Å². The number of azo groups is 1. The highest BCUT2D eigenvalue weighted by atomic mass is 16.2. The molecule has 2 amide bonds. The lowest BCUT2D eigenvalue weighted by Gasteiger charge is -2.31. The van der Waals surface area contributed by atoms with E-state index in [-0.39, 0.29) is 40.9 Å². The average molecular weight is 517 g/mol. The highest BCUT2D eigenvalue weighted by Gasteiger charge is 2.65. The topological polar surface area (TPSA) is 117 Å². The third kappa shape index (κ3) is 4.41. The van der Waals surface area contributed by atoms with Gasteiger partial charge >= 0.3 is 0 Å². The Labute approximate surface area is 223 Å². The maximum atomic E-state index is 14.0. The number of benzene rings is 1. The van der Waals surface area contributed by atoms with Crippen molar-refractivity contribution in [3.63, 3.8) is 0 Å². The van der Waals surface area contributed by atoms with Gasteiger partial charge in [0.1, 0.15) is 11.9 Å². The number of rotatable bonds is 6. The number of carbonyl (C=O) groups excluding carboxylic acids is 3. The molecule has 2 fully saturated rings. The number of likely N-dealkylation sites (tertiary alicyclic amines) is 1. The molecule has 1 aliphatic carbocycles. The van der Waals surface area contributed by atoms with Crippen LogP contribution in [0.5, 0.6) is 0 Å². The molecule has 1 saturated heterocycles. The van der Waals surface area contributed by atoms with E-state index in [9.17, 15) is 14.4 Å². The highest BCUT2D eigenvalue weighted by Crippen LogP contribution is 2.60. The molecule has 1 unspecified atom stereocenters. The number of ketones is 1. The standard InChI is InChI=1S/C29H36N6O3/c1-16-8-19(20-13-30-18(3)31-14-20)9-21-25(16)33-34-29(21,17(2)36)12-24(37)35-22(10-28(7)11-23(28)35)26(38)32-15-27(4,5)6/h8-9,13-14,22-23H,10-12,15H2,1-7H3,(H,32,38)/t22-,23+,28-,29?/m0/s1. The monoisotopic (exact) mass is 516 g/mol. The van der Waals surface area contributed by atoms with Crippen molar-refractivity contribution in [2.45, 2.75) is 85.4 Å².